The van der Waals surface area contributed by atoms with Crippen LogP contribution in [0.2, 0.25) is 0 Å². The monoisotopic (exact) mass is 245 g/mol. The van der Waals surface area contributed by atoms with E-state index in [1.54, 1.807) is 0 Å². The normalized spacial score (nSPS) is 11.2. The minimum absolute atomic E-state index is 0.975. The van der Waals surface area contributed by atoms with Crippen LogP contribution in [0.4, 0.5) is 0 Å². The lowest BCUT2D eigenvalue weighted by molar-refractivity contribution is 0.595. The van der Waals surface area contributed by atoms with Gasteiger partial charge in [0.15, 0.2) is 0 Å². The smallest absolute Gasteiger partial charge is 0.108 e. The standard InChI is InChI=1S/C15H23N3/c1-2-3-4-7-11-16-12-10-15-17-13-8-5-6-9-14(13)18-15/h5-6,8-9,16H,2-4,7,10-12H2,1H3,(H,17,18). The topological polar surface area (TPSA) is 40.7 Å². The number of fused-ring (bicyclic) bond motifs is 1. The van der Waals surface area contributed by atoms with Crippen LogP contribution in [0.1, 0.15) is 38.4 Å². The Morgan fingerprint density at radius 1 is 1.11 bits per heavy atom. The minimum atomic E-state index is 0.975. The van der Waals surface area contributed by atoms with Crippen LogP contribution in [0.5, 0.6) is 0 Å². The van der Waals surface area contributed by atoms with Crippen molar-refractivity contribution in [3.63, 3.8) is 0 Å². The maximum Gasteiger partial charge on any atom is 0.108 e. The summed E-state index contributed by atoms with van der Waals surface area (Å²) < 4.78 is 0. The Morgan fingerprint density at radius 2 is 2.00 bits per heavy atom. The molecule has 2 aromatic rings. The molecule has 0 atom stereocenters. The highest BCUT2D eigenvalue weighted by molar-refractivity contribution is 5.74. The number of benzene rings is 1. The van der Waals surface area contributed by atoms with Gasteiger partial charge in [0.05, 0.1) is 11.0 Å². The van der Waals surface area contributed by atoms with Crippen molar-refractivity contribution in [3.8, 4) is 0 Å². The molecule has 3 heteroatoms. The average molecular weight is 245 g/mol. The number of aromatic nitrogens is 2. The Bertz CT molecular complexity index is 428. The molecule has 98 valence electrons. The Labute approximate surface area is 109 Å². The van der Waals surface area contributed by atoms with E-state index in [1.165, 1.54) is 25.7 Å². The summed E-state index contributed by atoms with van der Waals surface area (Å²) in [6, 6.07) is 8.19. The van der Waals surface area contributed by atoms with Gasteiger partial charge >= 0.3 is 0 Å². The van der Waals surface area contributed by atoms with Gasteiger partial charge in [-0.2, -0.15) is 0 Å². The third-order valence-electron chi connectivity index (χ3n) is 3.18. The molecule has 0 radical (unpaired) electrons. The number of aromatic amines is 1. The molecular formula is C15H23N3. The van der Waals surface area contributed by atoms with Gasteiger partial charge in [-0.15, -0.1) is 0 Å². The summed E-state index contributed by atoms with van der Waals surface area (Å²) in [7, 11) is 0. The average Bonchev–Trinajstić information content (AvgIpc) is 2.80. The van der Waals surface area contributed by atoms with Crippen LogP contribution in [0.3, 0.4) is 0 Å². The maximum absolute atomic E-state index is 4.56. The molecule has 0 saturated carbocycles. The van der Waals surface area contributed by atoms with Gasteiger partial charge in [-0.1, -0.05) is 38.3 Å². The molecule has 0 saturated heterocycles. The van der Waals surface area contributed by atoms with Gasteiger partial charge in [-0.3, -0.25) is 0 Å². The molecule has 0 aliphatic rings. The zero-order valence-electron chi connectivity index (χ0n) is 11.2. The highest BCUT2D eigenvalue weighted by atomic mass is 14.9. The number of rotatable bonds is 8. The fourth-order valence-corrected chi connectivity index (χ4v) is 2.13. The molecule has 0 amide bonds. The van der Waals surface area contributed by atoms with Crippen LogP contribution >= 0.6 is 0 Å². The second kappa shape index (κ2) is 7.17. The van der Waals surface area contributed by atoms with Crippen LogP contribution in [-0.2, 0) is 6.42 Å². The summed E-state index contributed by atoms with van der Waals surface area (Å²) in [5.41, 5.74) is 2.20. The van der Waals surface area contributed by atoms with E-state index in [0.29, 0.717) is 0 Å². The number of nitrogens with one attached hydrogen (secondary N) is 2. The largest absolute Gasteiger partial charge is 0.342 e. The van der Waals surface area contributed by atoms with E-state index in [2.05, 4.69) is 28.3 Å². The van der Waals surface area contributed by atoms with Crippen molar-refractivity contribution in [2.24, 2.45) is 0 Å². The van der Waals surface area contributed by atoms with E-state index >= 15 is 0 Å². The Balaban J connectivity index is 1.67. The van der Waals surface area contributed by atoms with Crippen molar-refractivity contribution in [3.05, 3.63) is 30.1 Å². The molecule has 0 unspecified atom stereocenters. The lowest BCUT2D eigenvalue weighted by Gasteiger charge is -2.02. The van der Waals surface area contributed by atoms with Crippen LogP contribution in [0, 0.1) is 0 Å². The molecule has 0 spiro atoms. The molecule has 2 rings (SSSR count). The SMILES string of the molecule is CCCCCCNCCc1nc2ccccc2[nH]1. The van der Waals surface area contributed by atoms with Gasteiger partial charge in [-0.05, 0) is 25.1 Å². The number of nitrogens with zero attached hydrogens (tertiary/aromatic N) is 1. The second-order valence-corrected chi connectivity index (χ2v) is 4.76. The number of hydrogen-bond acceptors (Lipinski definition) is 2. The van der Waals surface area contributed by atoms with E-state index in [-0.39, 0.29) is 0 Å². The van der Waals surface area contributed by atoms with E-state index in [1.807, 2.05) is 18.2 Å². The number of unbranched alkanes of at least 4 members (excludes halogenated alkanes) is 3. The van der Waals surface area contributed by atoms with Crippen molar-refractivity contribution in [2.45, 2.75) is 39.0 Å². The summed E-state index contributed by atoms with van der Waals surface area (Å²) in [6.45, 7) is 4.38. The third kappa shape index (κ3) is 3.84. The number of imidazole rings is 1. The van der Waals surface area contributed by atoms with Crippen LogP contribution < -0.4 is 5.32 Å². The van der Waals surface area contributed by atoms with Gasteiger partial charge in [0.2, 0.25) is 0 Å². The zero-order valence-corrected chi connectivity index (χ0v) is 11.2. The van der Waals surface area contributed by atoms with E-state index in [0.717, 1.165) is 36.4 Å². The first-order valence-electron chi connectivity index (χ1n) is 7.04. The molecule has 1 heterocycles. The molecule has 3 nitrogen and oxygen atoms in total. The first kappa shape index (κ1) is 13.1. The van der Waals surface area contributed by atoms with Gasteiger partial charge in [0.1, 0.15) is 5.82 Å². The molecule has 0 aliphatic carbocycles. The van der Waals surface area contributed by atoms with E-state index < -0.39 is 0 Å². The fraction of sp³-hybridized carbons (Fsp3) is 0.533. The second-order valence-electron chi connectivity index (χ2n) is 4.76. The Kier molecular flexibility index (Phi) is 5.21. The van der Waals surface area contributed by atoms with Crippen molar-refractivity contribution in [1.82, 2.24) is 15.3 Å². The first-order chi connectivity index (χ1) is 8.90. The predicted molar refractivity (Wildman–Crippen MR) is 76.8 cm³/mol. The summed E-state index contributed by atoms with van der Waals surface area (Å²) in [5.74, 6) is 1.08. The Hall–Kier alpha value is -1.35. The summed E-state index contributed by atoms with van der Waals surface area (Å²) in [5, 5.41) is 3.48. The highest BCUT2D eigenvalue weighted by Crippen LogP contribution is 2.10. The molecule has 0 bridgehead atoms. The van der Waals surface area contributed by atoms with Gasteiger partial charge in [-0.25, -0.2) is 4.98 Å². The third-order valence-corrected chi connectivity index (χ3v) is 3.18. The Morgan fingerprint density at radius 3 is 2.83 bits per heavy atom. The molecule has 18 heavy (non-hydrogen) atoms. The maximum atomic E-state index is 4.56. The number of H-pyrrole nitrogens is 1. The van der Waals surface area contributed by atoms with Crippen LogP contribution in [0.15, 0.2) is 24.3 Å². The van der Waals surface area contributed by atoms with E-state index in [4.69, 9.17) is 0 Å². The van der Waals surface area contributed by atoms with Crippen molar-refractivity contribution in [1.29, 1.82) is 0 Å². The zero-order chi connectivity index (χ0) is 12.6. The summed E-state index contributed by atoms with van der Waals surface area (Å²) in [6.07, 6.45) is 6.26. The summed E-state index contributed by atoms with van der Waals surface area (Å²) in [4.78, 5) is 7.92. The predicted octanol–water partition coefficient (Wildman–Crippen LogP) is 3.28. The quantitative estimate of drug-likeness (QED) is 0.701. The molecule has 0 fully saturated rings. The fourth-order valence-electron chi connectivity index (χ4n) is 2.13. The first-order valence-corrected chi connectivity index (χ1v) is 7.04. The van der Waals surface area contributed by atoms with Crippen molar-refractivity contribution in [2.75, 3.05) is 13.1 Å². The van der Waals surface area contributed by atoms with Gasteiger partial charge in [0, 0.05) is 13.0 Å². The lowest BCUT2D eigenvalue weighted by atomic mass is 10.2. The minimum Gasteiger partial charge on any atom is -0.342 e. The molecule has 0 aliphatic heterocycles. The lowest BCUT2D eigenvalue weighted by Crippen LogP contribution is -2.18. The number of hydrogen-bond donors (Lipinski definition) is 2. The van der Waals surface area contributed by atoms with Crippen LogP contribution in [-0.4, -0.2) is 23.1 Å². The number of para-hydroxylation sites is 2. The van der Waals surface area contributed by atoms with Crippen LogP contribution in [0.25, 0.3) is 11.0 Å². The molecule has 2 N–H and O–H groups in total. The van der Waals surface area contributed by atoms with Crippen molar-refractivity contribution < 1.29 is 0 Å². The summed E-state index contributed by atoms with van der Waals surface area (Å²) >= 11 is 0. The molecular weight excluding hydrogens is 222 g/mol. The van der Waals surface area contributed by atoms with Crippen molar-refractivity contribution >= 4 is 11.0 Å². The molecule has 1 aromatic carbocycles. The molecule has 1 aromatic heterocycles. The highest BCUT2D eigenvalue weighted by Gasteiger charge is 2.00. The van der Waals surface area contributed by atoms with Gasteiger partial charge in [0.25, 0.3) is 0 Å². The van der Waals surface area contributed by atoms with Gasteiger partial charge < -0.3 is 10.3 Å². The van der Waals surface area contributed by atoms with E-state index in [9.17, 15) is 0 Å².